The van der Waals surface area contributed by atoms with Crippen molar-refractivity contribution in [2.45, 2.75) is 39.2 Å². The van der Waals surface area contributed by atoms with Crippen molar-refractivity contribution in [3.63, 3.8) is 0 Å². The van der Waals surface area contributed by atoms with E-state index in [0.29, 0.717) is 26.2 Å². The van der Waals surface area contributed by atoms with Crippen LogP contribution in [0, 0.1) is 5.92 Å². The molecule has 26 heavy (non-hydrogen) atoms. The average Bonchev–Trinajstić information content (AvgIpc) is 3.50. The van der Waals surface area contributed by atoms with E-state index in [1.807, 2.05) is 25.1 Å². The van der Waals surface area contributed by atoms with Gasteiger partial charge in [-0.3, -0.25) is 9.79 Å². The van der Waals surface area contributed by atoms with Crippen LogP contribution in [0.1, 0.15) is 44.8 Å². The van der Waals surface area contributed by atoms with E-state index >= 15 is 0 Å². The normalized spacial score (nSPS) is 15.4. The summed E-state index contributed by atoms with van der Waals surface area (Å²) in [6.45, 7) is 7.59. The fourth-order valence-corrected chi connectivity index (χ4v) is 2.53. The van der Waals surface area contributed by atoms with Crippen LogP contribution in [0.5, 0.6) is 0 Å². The van der Waals surface area contributed by atoms with Gasteiger partial charge >= 0.3 is 0 Å². The Morgan fingerprint density at radius 1 is 1.19 bits per heavy atom. The number of aliphatic imine (C=N–C) groups is 1. The molecule has 1 amide bonds. The lowest BCUT2D eigenvalue weighted by molar-refractivity contribution is -0.122. The van der Waals surface area contributed by atoms with Crippen LogP contribution in [0.2, 0.25) is 0 Å². The number of amides is 1. The second-order valence-corrected chi connectivity index (χ2v) is 6.53. The highest BCUT2D eigenvalue weighted by atomic mass is 16.5. The molecule has 0 bridgehead atoms. The lowest BCUT2D eigenvalue weighted by atomic mass is 10.1. The fourth-order valence-electron chi connectivity index (χ4n) is 2.53. The number of benzene rings is 1. The van der Waals surface area contributed by atoms with Gasteiger partial charge in [0.25, 0.3) is 0 Å². The maximum Gasteiger partial charge on any atom is 0.223 e. The quantitative estimate of drug-likeness (QED) is 0.321. The third kappa shape index (κ3) is 7.87. The number of hydrogen-bond acceptors (Lipinski definition) is 3. The highest BCUT2D eigenvalue weighted by molar-refractivity contribution is 5.81. The molecule has 0 heterocycles. The van der Waals surface area contributed by atoms with Gasteiger partial charge in [0.2, 0.25) is 5.91 Å². The zero-order valence-corrected chi connectivity index (χ0v) is 16.0. The monoisotopic (exact) mass is 360 g/mol. The third-order valence-corrected chi connectivity index (χ3v) is 4.22. The number of hydrogen-bond donors (Lipinski definition) is 3. The molecule has 0 radical (unpaired) electrons. The number of ether oxygens (including phenoxy) is 1. The molecule has 144 valence electrons. The second-order valence-electron chi connectivity index (χ2n) is 6.53. The highest BCUT2D eigenvalue weighted by Crippen LogP contribution is 2.28. The standard InChI is InChI=1S/C20H32N4O2/c1-3-21-20(24-14-13-22-19(25)18-10-11-18)23-12-7-15-26-16(2)17-8-5-4-6-9-17/h4-6,8-9,16,18H,3,7,10-15H2,1-2H3,(H,22,25)(H2,21,23,24). The van der Waals surface area contributed by atoms with Gasteiger partial charge in [-0.2, -0.15) is 0 Å². The summed E-state index contributed by atoms with van der Waals surface area (Å²) in [6.07, 6.45) is 3.04. The molecule has 6 nitrogen and oxygen atoms in total. The van der Waals surface area contributed by atoms with Gasteiger partial charge in [-0.15, -0.1) is 0 Å². The maximum atomic E-state index is 11.6. The lowest BCUT2D eigenvalue weighted by Crippen LogP contribution is -2.41. The summed E-state index contributed by atoms with van der Waals surface area (Å²) in [6, 6.07) is 10.2. The molecule has 1 aliphatic carbocycles. The van der Waals surface area contributed by atoms with E-state index in [-0.39, 0.29) is 17.9 Å². The van der Waals surface area contributed by atoms with Gasteiger partial charge < -0.3 is 20.7 Å². The number of guanidine groups is 1. The number of carbonyl (C=O) groups excluding carboxylic acids is 1. The molecular formula is C20H32N4O2. The van der Waals surface area contributed by atoms with Gasteiger partial charge in [-0.05, 0) is 38.7 Å². The predicted molar refractivity (Wildman–Crippen MR) is 105 cm³/mol. The topological polar surface area (TPSA) is 74.8 Å². The molecule has 1 saturated carbocycles. The Labute approximate surface area is 156 Å². The summed E-state index contributed by atoms with van der Waals surface area (Å²) < 4.78 is 5.87. The maximum absolute atomic E-state index is 11.6. The Kier molecular flexibility index (Phi) is 8.96. The van der Waals surface area contributed by atoms with Crippen molar-refractivity contribution >= 4 is 11.9 Å². The van der Waals surface area contributed by atoms with Crippen LogP contribution in [0.3, 0.4) is 0 Å². The molecule has 1 aromatic carbocycles. The van der Waals surface area contributed by atoms with Crippen molar-refractivity contribution in [2.75, 3.05) is 32.8 Å². The summed E-state index contributed by atoms with van der Waals surface area (Å²) in [4.78, 5) is 16.1. The number of rotatable bonds is 11. The molecule has 6 heteroatoms. The molecule has 1 fully saturated rings. The van der Waals surface area contributed by atoms with Crippen molar-refractivity contribution in [1.82, 2.24) is 16.0 Å². The van der Waals surface area contributed by atoms with Crippen molar-refractivity contribution in [3.8, 4) is 0 Å². The molecule has 1 unspecified atom stereocenters. The largest absolute Gasteiger partial charge is 0.374 e. The van der Waals surface area contributed by atoms with Crippen LogP contribution in [-0.4, -0.2) is 44.7 Å². The molecule has 1 aliphatic rings. The second kappa shape index (κ2) is 11.5. The van der Waals surface area contributed by atoms with E-state index in [9.17, 15) is 4.79 Å². The van der Waals surface area contributed by atoms with E-state index in [4.69, 9.17) is 4.74 Å². The molecule has 1 atom stereocenters. The van der Waals surface area contributed by atoms with E-state index < -0.39 is 0 Å². The van der Waals surface area contributed by atoms with E-state index in [0.717, 1.165) is 31.8 Å². The van der Waals surface area contributed by atoms with E-state index in [2.05, 4.69) is 40.0 Å². The Morgan fingerprint density at radius 3 is 2.62 bits per heavy atom. The lowest BCUT2D eigenvalue weighted by Gasteiger charge is -2.14. The van der Waals surface area contributed by atoms with Crippen LogP contribution in [0.4, 0.5) is 0 Å². The van der Waals surface area contributed by atoms with Gasteiger partial charge in [0.1, 0.15) is 0 Å². The van der Waals surface area contributed by atoms with Gasteiger partial charge in [0.05, 0.1) is 6.10 Å². The van der Waals surface area contributed by atoms with Gasteiger partial charge in [0, 0.05) is 38.7 Å². The number of nitrogens with zero attached hydrogens (tertiary/aromatic N) is 1. The first-order valence-electron chi connectivity index (χ1n) is 9.67. The minimum absolute atomic E-state index is 0.0987. The molecule has 0 saturated heterocycles. The van der Waals surface area contributed by atoms with Gasteiger partial charge in [-0.1, -0.05) is 30.3 Å². The van der Waals surface area contributed by atoms with Crippen LogP contribution in [0.25, 0.3) is 0 Å². The van der Waals surface area contributed by atoms with Crippen molar-refractivity contribution in [1.29, 1.82) is 0 Å². The summed E-state index contributed by atoms with van der Waals surface area (Å²) in [5.41, 5.74) is 1.19. The summed E-state index contributed by atoms with van der Waals surface area (Å²) >= 11 is 0. The molecule has 0 spiro atoms. The first-order valence-corrected chi connectivity index (χ1v) is 9.67. The first kappa shape index (κ1) is 20.2. The molecular weight excluding hydrogens is 328 g/mol. The Bertz CT molecular complexity index is 558. The zero-order valence-electron chi connectivity index (χ0n) is 16.0. The SMILES string of the molecule is CCNC(=NCCCOC(C)c1ccccc1)NCCNC(=O)C1CC1. The molecule has 0 aromatic heterocycles. The fraction of sp³-hybridized carbons (Fsp3) is 0.600. The molecule has 3 N–H and O–H groups in total. The van der Waals surface area contributed by atoms with E-state index in [1.54, 1.807) is 0 Å². The Morgan fingerprint density at radius 2 is 1.92 bits per heavy atom. The van der Waals surface area contributed by atoms with Gasteiger partial charge in [-0.25, -0.2) is 0 Å². The minimum Gasteiger partial charge on any atom is -0.374 e. The summed E-state index contributed by atoms with van der Waals surface area (Å²) in [5, 5.41) is 9.40. The number of nitrogens with one attached hydrogen (secondary N) is 3. The van der Waals surface area contributed by atoms with Crippen molar-refractivity contribution < 1.29 is 9.53 Å². The highest BCUT2D eigenvalue weighted by Gasteiger charge is 2.28. The van der Waals surface area contributed by atoms with Crippen molar-refractivity contribution in [2.24, 2.45) is 10.9 Å². The Balaban J connectivity index is 1.58. The van der Waals surface area contributed by atoms with Crippen LogP contribution in [0.15, 0.2) is 35.3 Å². The van der Waals surface area contributed by atoms with Gasteiger partial charge in [0.15, 0.2) is 5.96 Å². The van der Waals surface area contributed by atoms with E-state index in [1.165, 1.54) is 5.56 Å². The summed E-state index contributed by atoms with van der Waals surface area (Å²) in [7, 11) is 0. The number of carbonyl (C=O) groups is 1. The smallest absolute Gasteiger partial charge is 0.223 e. The molecule has 2 rings (SSSR count). The summed E-state index contributed by atoms with van der Waals surface area (Å²) in [5.74, 6) is 1.22. The predicted octanol–water partition coefficient (Wildman–Crippen LogP) is 2.24. The third-order valence-electron chi connectivity index (χ3n) is 4.22. The van der Waals surface area contributed by atoms with Crippen molar-refractivity contribution in [3.05, 3.63) is 35.9 Å². The first-order chi connectivity index (χ1) is 12.7. The van der Waals surface area contributed by atoms with Crippen LogP contribution in [-0.2, 0) is 9.53 Å². The van der Waals surface area contributed by atoms with Crippen LogP contribution >= 0.6 is 0 Å². The minimum atomic E-state index is 0.0987. The zero-order chi connectivity index (χ0) is 18.6. The molecule has 1 aromatic rings. The molecule has 0 aliphatic heterocycles. The van der Waals surface area contributed by atoms with Crippen LogP contribution < -0.4 is 16.0 Å². The Hall–Kier alpha value is -2.08. The average molecular weight is 361 g/mol.